The predicted molar refractivity (Wildman–Crippen MR) is 69.7 cm³/mol. The Labute approximate surface area is 113 Å². The van der Waals surface area contributed by atoms with Gasteiger partial charge in [-0.15, -0.1) is 0 Å². The molecule has 0 unspecified atom stereocenters. The molecule has 0 bridgehead atoms. The first-order valence-electron chi connectivity index (χ1n) is 6.02. The van der Waals surface area contributed by atoms with E-state index in [0.29, 0.717) is 5.69 Å². The van der Waals surface area contributed by atoms with Crippen LogP contribution in [-0.2, 0) is 4.79 Å². The third-order valence-corrected chi connectivity index (χ3v) is 2.79. The molecule has 106 valence electrons. The molecule has 8 heteroatoms. The normalized spacial score (nSPS) is 13.6. The van der Waals surface area contributed by atoms with Crippen LogP contribution < -0.4 is 10.6 Å². The van der Waals surface area contributed by atoms with Gasteiger partial charge in [-0.25, -0.2) is 0 Å². The van der Waals surface area contributed by atoms with Gasteiger partial charge in [0, 0.05) is 17.7 Å². The number of aliphatic carboxylic acids is 1. The number of carboxylic acids is 1. The van der Waals surface area contributed by atoms with Crippen molar-refractivity contribution in [1.82, 2.24) is 5.32 Å². The van der Waals surface area contributed by atoms with Crippen LogP contribution in [0.25, 0.3) is 0 Å². The highest BCUT2D eigenvalue weighted by Gasteiger charge is 2.25. The maximum Gasteiger partial charge on any atom is 0.322 e. The van der Waals surface area contributed by atoms with E-state index in [2.05, 4.69) is 10.6 Å². The lowest BCUT2D eigenvalue weighted by Gasteiger charge is -2.07. The summed E-state index contributed by atoms with van der Waals surface area (Å²) < 4.78 is 0. The van der Waals surface area contributed by atoms with Crippen molar-refractivity contribution in [2.24, 2.45) is 0 Å². The first kappa shape index (κ1) is 13.8. The van der Waals surface area contributed by atoms with Gasteiger partial charge in [-0.2, -0.15) is 0 Å². The molecule has 0 spiro atoms. The van der Waals surface area contributed by atoms with Crippen LogP contribution in [0.3, 0.4) is 0 Å². The molecule has 1 aliphatic rings. The van der Waals surface area contributed by atoms with Gasteiger partial charge in [-0.05, 0) is 25.0 Å². The second-order valence-corrected chi connectivity index (χ2v) is 4.48. The standard InChI is InChI=1S/C12H13N3O5/c16-11(17)6-13-12(18)7-1-4-9(14-8-2-3-8)10(5-7)15(19)20/h1,4-5,8,14H,2-3,6H2,(H,13,18)(H,16,17). The molecular weight excluding hydrogens is 266 g/mol. The Bertz CT molecular complexity index is 568. The number of carbonyl (C=O) groups excluding carboxylic acids is 1. The zero-order valence-electron chi connectivity index (χ0n) is 10.5. The van der Waals surface area contributed by atoms with Crippen molar-refractivity contribution in [1.29, 1.82) is 0 Å². The van der Waals surface area contributed by atoms with E-state index in [0.717, 1.165) is 18.9 Å². The Kier molecular flexibility index (Phi) is 3.83. The van der Waals surface area contributed by atoms with Crippen molar-refractivity contribution in [3.63, 3.8) is 0 Å². The summed E-state index contributed by atoms with van der Waals surface area (Å²) in [5.41, 5.74) is 0.228. The number of benzene rings is 1. The summed E-state index contributed by atoms with van der Waals surface area (Å²) in [6.45, 7) is -0.533. The molecule has 0 heterocycles. The quantitative estimate of drug-likeness (QED) is 0.527. The predicted octanol–water partition coefficient (Wildman–Crippen LogP) is 0.983. The van der Waals surface area contributed by atoms with Gasteiger partial charge in [-0.1, -0.05) is 0 Å². The first-order chi connectivity index (χ1) is 9.47. The maximum absolute atomic E-state index is 11.7. The van der Waals surface area contributed by atoms with E-state index in [1.165, 1.54) is 12.1 Å². The van der Waals surface area contributed by atoms with E-state index in [1.807, 2.05) is 0 Å². The van der Waals surface area contributed by atoms with Crippen LogP contribution in [0.2, 0.25) is 0 Å². The van der Waals surface area contributed by atoms with Gasteiger partial charge in [0.2, 0.25) is 0 Å². The van der Waals surface area contributed by atoms with Gasteiger partial charge < -0.3 is 15.7 Å². The highest BCUT2D eigenvalue weighted by atomic mass is 16.6. The molecule has 1 amide bonds. The molecule has 1 fully saturated rings. The summed E-state index contributed by atoms with van der Waals surface area (Å²) in [6.07, 6.45) is 1.94. The largest absolute Gasteiger partial charge is 0.480 e. The molecule has 0 atom stereocenters. The molecule has 0 saturated heterocycles. The highest BCUT2D eigenvalue weighted by Crippen LogP contribution is 2.31. The number of nitrogens with one attached hydrogen (secondary N) is 2. The van der Waals surface area contributed by atoms with Crippen LogP contribution in [-0.4, -0.2) is 34.5 Å². The maximum atomic E-state index is 11.7. The van der Waals surface area contributed by atoms with Crippen molar-refractivity contribution in [2.45, 2.75) is 18.9 Å². The number of anilines is 1. The Balaban J connectivity index is 2.17. The lowest BCUT2D eigenvalue weighted by molar-refractivity contribution is -0.384. The summed E-state index contributed by atoms with van der Waals surface area (Å²) in [6, 6.07) is 4.28. The Morgan fingerprint density at radius 1 is 1.40 bits per heavy atom. The number of carbonyl (C=O) groups is 2. The molecule has 1 aliphatic carbocycles. The molecule has 0 aromatic heterocycles. The van der Waals surface area contributed by atoms with Crippen LogP contribution in [0.15, 0.2) is 18.2 Å². The Hall–Kier alpha value is -2.64. The van der Waals surface area contributed by atoms with Crippen molar-refractivity contribution < 1.29 is 19.6 Å². The average Bonchev–Trinajstić information content (AvgIpc) is 3.20. The number of nitrogens with zero attached hydrogens (tertiary/aromatic N) is 1. The van der Waals surface area contributed by atoms with E-state index in [4.69, 9.17) is 5.11 Å². The second-order valence-electron chi connectivity index (χ2n) is 4.48. The zero-order valence-corrected chi connectivity index (χ0v) is 10.5. The number of nitro benzene ring substituents is 1. The topological polar surface area (TPSA) is 122 Å². The van der Waals surface area contributed by atoms with E-state index < -0.39 is 23.3 Å². The van der Waals surface area contributed by atoms with E-state index in [-0.39, 0.29) is 17.3 Å². The fourth-order valence-electron chi connectivity index (χ4n) is 1.65. The minimum Gasteiger partial charge on any atom is -0.480 e. The van der Waals surface area contributed by atoms with Gasteiger partial charge in [0.15, 0.2) is 0 Å². The monoisotopic (exact) mass is 279 g/mol. The fraction of sp³-hybridized carbons (Fsp3) is 0.333. The SMILES string of the molecule is O=C(O)CNC(=O)c1ccc(NC2CC2)c([N+](=O)[O-])c1. The van der Waals surface area contributed by atoms with Gasteiger partial charge in [-0.3, -0.25) is 19.7 Å². The first-order valence-corrected chi connectivity index (χ1v) is 6.02. The molecular formula is C12H13N3O5. The van der Waals surface area contributed by atoms with Crippen LogP contribution in [0.1, 0.15) is 23.2 Å². The van der Waals surface area contributed by atoms with Crippen molar-refractivity contribution in [3.05, 3.63) is 33.9 Å². The molecule has 20 heavy (non-hydrogen) atoms. The summed E-state index contributed by atoms with van der Waals surface area (Å²) in [5.74, 6) is -1.84. The third kappa shape index (κ3) is 3.44. The molecule has 1 saturated carbocycles. The van der Waals surface area contributed by atoms with Crippen LogP contribution in [0, 0.1) is 10.1 Å². The summed E-state index contributed by atoms with van der Waals surface area (Å²) in [5, 5.41) is 24.6. The average molecular weight is 279 g/mol. The summed E-state index contributed by atoms with van der Waals surface area (Å²) in [4.78, 5) is 32.4. The van der Waals surface area contributed by atoms with Crippen LogP contribution >= 0.6 is 0 Å². The van der Waals surface area contributed by atoms with Gasteiger partial charge in [0.1, 0.15) is 12.2 Å². The zero-order chi connectivity index (χ0) is 14.7. The fourth-order valence-corrected chi connectivity index (χ4v) is 1.65. The number of hydrogen-bond acceptors (Lipinski definition) is 5. The second kappa shape index (κ2) is 5.55. The molecule has 2 rings (SSSR count). The van der Waals surface area contributed by atoms with Crippen LogP contribution in [0.5, 0.6) is 0 Å². The van der Waals surface area contributed by atoms with Gasteiger partial charge >= 0.3 is 5.97 Å². The van der Waals surface area contributed by atoms with Crippen molar-refractivity contribution >= 4 is 23.3 Å². The number of amides is 1. The van der Waals surface area contributed by atoms with Gasteiger partial charge in [0.25, 0.3) is 11.6 Å². The van der Waals surface area contributed by atoms with Crippen molar-refractivity contribution in [2.75, 3.05) is 11.9 Å². The molecule has 1 aromatic carbocycles. The number of nitro groups is 1. The Morgan fingerprint density at radius 3 is 2.65 bits per heavy atom. The molecule has 0 aliphatic heterocycles. The van der Waals surface area contributed by atoms with Crippen LogP contribution in [0.4, 0.5) is 11.4 Å². The molecule has 3 N–H and O–H groups in total. The number of hydrogen-bond donors (Lipinski definition) is 3. The lowest BCUT2D eigenvalue weighted by Crippen LogP contribution is -2.29. The molecule has 1 aromatic rings. The number of carboxylic acid groups (broad SMARTS) is 1. The third-order valence-electron chi connectivity index (χ3n) is 2.79. The minimum atomic E-state index is -1.18. The Morgan fingerprint density at radius 2 is 2.10 bits per heavy atom. The van der Waals surface area contributed by atoms with E-state index in [1.54, 1.807) is 0 Å². The summed E-state index contributed by atoms with van der Waals surface area (Å²) in [7, 11) is 0. The highest BCUT2D eigenvalue weighted by molar-refractivity contribution is 5.97. The minimum absolute atomic E-state index is 0.0549. The van der Waals surface area contributed by atoms with E-state index >= 15 is 0 Å². The number of rotatable bonds is 6. The lowest BCUT2D eigenvalue weighted by atomic mass is 10.1. The van der Waals surface area contributed by atoms with Crippen molar-refractivity contribution in [3.8, 4) is 0 Å². The molecule has 8 nitrogen and oxygen atoms in total. The molecule has 0 radical (unpaired) electrons. The summed E-state index contributed by atoms with van der Waals surface area (Å²) >= 11 is 0. The van der Waals surface area contributed by atoms with Gasteiger partial charge in [0.05, 0.1) is 4.92 Å². The van der Waals surface area contributed by atoms with E-state index in [9.17, 15) is 19.7 Å². The smallest absolute Gasteiger partial charge is 0.322 e.